The molecule has 2 N–H and O–H groups in total. The van der Waals surface area contributed by atoms with Crippen LogP contribution in [-0.2, 0) is 14.8 Å². The standard InChI is InChI=1S/C19H22IN3O4S/c1-3-12-21-19(25)16-6-4-5-7-17(16)22-18(24)13-23(28(2,26)27)15-10-8-14(20)9-11-15/h4-11H,3,12-13H2,1-2H3,(H,21,25)(H,22,24). The number of para-hydroxylation sites is 1. The lowest BCUT2D eigenvalue weighted by Gasteiger charge is -2.22. The van der Waals surface area contributed by atoms with Gasteiger partial charge in [-0.25, -0.2) is 8.42 Å². The molecule has 0 saturated heterocycles. The molecule has 0 spiro atoms. The Kier molecular flexibility index (Phi) is 7.81. The highest BCUT2D eigenvalue weighted by Crippen LogP contribution is 2.20. The van der Waals surface area contributed by atoms with Crippen LogP contribution < -0.4 is 14.9 Å². The molecule has 0 atom stereocenters. The van der Waals surface area contributed by atoms with Gasteiger partial charge in [-0.2, -0.15) is 0 Å². The molecule has 0 unspecified atom stereocenters. The number of carbonyl (C=O) groups is 2. The molecule has 150 valence electrons. The van der Waals surface area contributed by atoms with Crippen molar-refractivity contribution in [1.82, 2.24) is 5.32 Å². The van der Waals surface area contributed by atoms with Gasteiger partial charge in [0, 0.05) is 10.1 Å². The average molecular weight is 515 g/mol. The number of carbonyl (C=O) groups excluding carboxylic acids is 2. The van der Waals surface area contributed by atoms with Crippen LogP contribution in [0.5, 0.6) is 0 Å². The van der Waals surface area contributed by atoms with Gasteiger partial charge in [0.25, 0.3) is 5.91 Å². The lowest BCUT2D eigenvalue weighted by atomic mass is 10.1. The normalized spacial score (nSPS) is 11.0. The third-order valence-corrected chi connectivity index (χ3v) is 5.64. The van der Waals surface area contributed by atoms with Crippen molar-refractivity contribution in [2.75, 3.05) is 29.0 Å². The van der Waals surface area contributed by atoms with E-state index in [-0.39, 0.29) is 5.91 Å². The summed E-state index contributed by atoms with van der Waals surface area (Å²) in [4.78, 5) is 24.8. The van der Waals surface area contributed by atoms with E-state index in [0.717, 1.165) is 20.6 Å². The van der Waals surface area contributed by atoms with Gasteiger partial charge in [-0.1, -0.05) is 19.1 Å². The van der Waals surface area contributed by atoms with Gasteiger partial charge in [0.15, 0.2) is 0 Å². The molecule has 0 aliphatic rings. The fourth-order valence-electron chi connectivity index (χ4n) is 2.45. The van der Waals surface area contributed by atoms with Crippen molar-refractivity contribution in [3.63, 3.8) is 0 Å². The summed E-state index contributed by atoms with van der Waals surface area (Å²) in [6.07, 6.45) is 1.84. The minimum Gasteiger partial charge on any atom is -0.352 e. The fraction of sp³-hybridized carbons (Fsp3) is 0.263. The second-order valence-electron chi connectivity index (χ2n) is 6.10. The van der Waals surface area contributed by atoms with E-state index in [9.17, 15) is 18.0 Å². The minimum absolute atomic E-state index is 0.296. The zero-order valence-electron chi connectivity index (χ0n) is 15.6. The number of halogens is 1. The summed E-state index contributed by atoms with van der Waals surface area (Å²) >= 11 is 2.12. The Hall–Kier alpha value is -2.14. The van der Waals surface area contributed by atoms with Gasteiger partial charge >= 0.3 is 0 Å². The Labute approximate surface area is 178 Å². The molecular weight excluding hydrogens is 493 g/mol. The highest BCUT2D eigenvalue weighted by atomic mass is 127. The van der Waals surface area contributed by atoms with Crippen molar-refractivity contribution in [1.29, 1.82) is 0 Å². The lowest BCUT2D eigenvalue weighted by Crippen LogP contribution is -2.37. The summed E-state index contributed by atoms with van der Waals surface area (Å²) in [5.74, 6) is -0.838. The number of anilines is 2. The molecule has 2 amide bonds. The van der Waals surface area contributed by atoms with Crippen LogP contribution in [0, 0.1) is 3.57 Å². The largest absolute Gasteiger partial charge is 0.352 e. The van der Waals surface area contributed by atoms with Gasteiger partial charge in [-0.15, -0.1) is 0 Å². The van der Waals surface area contributed by atoms with Crippen molar-refractivity contribution >= 4 is 55.8 Å². The number of benzene rings is 2. The quantitative estimate of drug-likeness (QED) is 0.529. The molecule has 0 aromatic heterocycles. The third kappa shape index (κ3) is 6.20. The first-order valence-corrected chi connectivity index (χ1v) is 11.6. The second kappa shape index (κ2) is 9.87. The number of nitrogens with zero attached hydrogens (tertiary/aromatic N) is 1. The Morgan fingerprint density at radius 1 is 1.07 bits per heavy atom. The van der Waals surface area contributed by atoms with Crippen LogP contribution in [0.3, 0.4) is 0 Å². The molecule has 0 bridgehead atoms. The molecule has 9 heteroatoms. The van der Waals surface area contributed by atoms with Crippen LogP contribution in [0.1, 0.15) is 23.7 Å². The number of rotatable bonds is 8. The summed E-state index contributed by atoms with van der Waals surface area (Å²) in [7, 11) is -3.67. The van der Waals surface area contributed by atoms with E-state index in [0.29, 0.717) is 23.5 Å². The van der Waals surface area contributed by atoms with Crippen LogP contribution in [-0.4, -0.2) is 39.6 Å². The van der Waals surface area contributed by atoms with Crippen molar-refractivity contribution in [2.45, 2.75) is 13.3 Å². The maximum absolute atomic E-state index is 12.5. The Morgan fingerprint density at radius 3 is 2.32 bits per heavy atom. The van der Waals surface area contributed by atoms with Crippen LogP contribution >= 0.6 is 22.6 Å². The lowest BCUT2D eigenvalue weighted by molar-refractivity contribution is -0.114. The highest BCUT2D eigenvalue weighted by Gasteiger charge is 2.22. The molecule has 0 fully saturated rings. The molecule has 0 saturated carbocycles. The summed E-state index contributed by atoms with van der Waals surface area (Å²) in [5.41, 5.74) is 1.05. The van der Waals surface area contributed by atoms with Crippen LogP contribution in [0.25, 0.3) is 0 Å². The van der Waals surface area contributed by atoms with E-state index < -0.39 is 22.5 Å². The number of amides is 2. The summed E-state index contributed by atoms with van der Waals surface area (Å²) < 4.78 is 26.3. The maximum atomic E-state index is 12.5. The van der Waals surface area contributed by atoms with Gasteiger partial charge in [0.05, 0.1) is 23.2 Å². The smallest absolute Gasteiger partial charge is 0.253 e. The topological polar surface area (TPSA) is 95.6 Å². The SMILES string of the molecule is CCCNC(=O)c1ccccc1NC(=O)CN(c1ccc(I)cc1)S(C)(=O)=O. The van der Waals surface area contributed by atoms with Crippen molar-refractivity contribution in [2.24, 2.45) is 0 Å². The van der Waals surface area contributed by atoms with Crippen LogP contribution in [0.15, 0.2) is 48.5 Å². The molecule has 2 rings (SSSR count). The molecule has 0 heterocycles. The van der Waals surface area contributed by atoms with E-state index in [1.807, 2.05) is 6.92 Å². The summed E-state index contributed by atoms with van der Waals surface area (Å²) in [6.45, 7) is 2.07. The Bertz CT molecular complexity index is 946. The Balaban J connectivity index is 2.20. The van der Waals surface area contributed by atoms with E-state index in [1.165, 1.54) is 0 Å². The van der Waals surface area contributed by atoms with Gasteiger partial charge in [-0.3, -0.25) is 13.9 Å². The van der Waals surface area contributed by atoms with E-state index in [1.54, 1.807) is 48.5 Å². The van der Waals surface area contributed by atoms with E-state index in [4.69, 9.17) is 0 Å². The molecule has 2 aromatic carbocycles. The number of nitrogens with one attached hydrogen (secondary N) is 2. The third-order valence-electron chi connectivity index (χ3n) is 3.78. The average Bonchev–Trinajstić information content (AvgIpc) is 2.64. The second-order valence-corrected chi connectivity index (χ2v) is 9.25. The number of sulfonamides is 1. The molecular formula is C19H22IN3O4S. The summed E-state index contributed by atoms with van der Waals surface area (Å²) in [6, 6.07) is 13.4. The van der Waals surface area contributed by atoms with Crippen LogP contribution in [0.2, 0.25) is 0 Å². The van der Waals surface area contributed by atoms with Crippen molar-refractivity contribution < 1.29 is 18.0 Å². The zero-order valence-corrected chi connectivity index (χ0v) is 18.6. The predicted molar refractivity (Wildman–Crippen MR) is 119 cm³/mol. The fourth-order valence-corrected chi connectivity index (χ4v) is 3.67. The molecule has 0 aliphatic carbocycles. The Morgan fingerprint density at radius 2 is 1.71 bits per heavy atom. The number of hydrogen-bond donors (Lipinski definition) is 2. The highest BCUT2D eigenvalue weighted by molar-refractivity contribution is 14.1. The summed E-state index contributed by atoms with van der Waals surface area (Å²) in [5, 5.41) is 5.41. The molecule has 28 heavy (non-hydrogen) atoms. The molecule has 0 radical (unpaired) electrons. The van der Waals surface area contributed by atoms with Crippen molar-refractivity contribution in [3.05, 3.63) is 57.7 Å². The van der Waals surface area contributed by atoms with E-state index in [2.05, 4.69) is 33.2 Å². The maximum Gasteiger partial charge on any atom is 0.253 e. The first kappa shape index (κ1) is 22.2. The minimum atomic E-state index is -3.67. The monoisotopic (exact) mass is 515 g/mol. The van der Waals surface area contributed by atoms with Gasteiger partial charge < -0.3 is 10.6 Å². The zero-order chi connectivity index (χ0) is 20.7. The molecule has 2 aromatic rings. The van der Waals surface area contributed by atoms with Gasteiger partial charge in [-0.05, 0) is 65.4 Å². The van der Waals surface area contributed by atoms with E-state index >= 15 is 0 Å². The molecule has 0 aliphatic heterocycles. The number of hydrogen-bond acceptors (Lipinski definition) is 4. The first-order valence-electron chi connectivity index (χ1n) is 8.62. The van der Waals surface area contributed by atoms with Crippen molar-refractivity contribution in [3.8, 4) is 0 Å². The molecule has 7 nitrogen and oxygen atoms in total. The van der Waals surface area contributed by atoms with Gasteiger partial charge in [0.1, 0.15) is 6.54 Å². The van der Waals surface area contributed by atoms with Gasteiger partial charge in [0.2, 0.25) is 15.9 Å². The first-order chi connectivity index (χ1) is 13.2. The van der Waals surface area contributed by atoms with Crippen LogP contribution in [0.4, 0.5) is 11.4 Å². The predicted octanol–water partition coefficient (Wildman–Crippen LogP) is 2.84.